The maximum atomic E-state index is 12.1. The highest BCUT2D eigenvalue weighted by atomic mass is 35.5. The third-order valence-corrected chi connectivity index (χ3v) is 5.55. The molecular weight excluding hydrogens is 346 g/mol. The molecule has 2 rings (SSSR count). The van der Waals surface area contributed by atoms with Crippen LogP contribution in [0.2, 0.25) is 5.02 Å². The van der Waals surface area contributed by atoms with E-state index in [1.165, 1.54) is 18.2 Å². The molecular formula is C18H24ClNO3S. The highest BCUT2D eigenvalue weighted by Crippen LogP contribution is 2.27. The summed E-state index contributed by atoms with van der Waals surface area (Å²) in [6.45, 7) is 1.62. The highest BCUT2D eigenvalue weighted by molar-refractivity contribution is 7.99. The lowest BCUT2D eigenvalue weighted by molar-refractivity contribution is -0.154. The number of ether oxygens (including phenoxy) is 1. The van der Waals surface area contributed by atoms with E-state index in [-0.39, 0.29) is 24.3 Å². The molecule has 4 nitrogen and oxygen atoms in total. The number of hydrogen-bond acceptors (Lipinski definition) is 4. The second-order valence-corrected chi connectivity index (χ2v) is 7.55. The van der Waals surface area contributed by atoms with Crippen LogP contribution in [0.5, 0.6) is 0 Å². The van der Waals surface area contributed by atoms with Crippen LogP contribution in [0, 0.1) is 0 Å². The fraction of sp³-hybridized carbons (Fsp3) is 0.556. The largest absolute Gasteiger partial charge is 0.453 e. The van der Waals surface area contributed by atoms with Gasteiger partial charge in [-0.15, -0.1) is 11.8 Å². The average molecular weight is 370 g/mol. The van der Waals surface area contributed by atoms with Crippen molar-refractivity contribution in [2.24, 2.45) is 0 Å². The zero-order valence-electron chi connectivity index (χ0n) is 13.9. The van der Waals surface area contributed by atoms with Crippen molar-refractivity contribution in [3.8, 4) is 0 Å². The van der Waals surface area contributed by atoms with Crippen molar-refractivity contribution in [2.45, 2.75) is 62.5 Å². The molecule has 0 bridgehead atoms. The second kappa shape index (κ2) is 9.94. The monoisotopic (exact) mass is 369 g/mol. The Labute approximate surface area is 152 Å². The molecule has 1 atom stereocenters. The summed E-state index contributed by atoms with van der Waals surface area (Å²) >= 11 is 7.57. The fourth-order valence-electron chi connectivity index (χ4n) is 2.68. The number of nitrogens with one attached hydrogen (secondary N) is 1. The predicted octanol–water partition coefficient (Wildman–Crippen LogP) is 4.20. The number of thioether (sulfide) groups is 1. The van der Waals surface area contributed by atoms with E-state index in [9.17, 15) is 9.59 Å². The van der Waals surface area contributed by atoms with Gasteiger partial charge in [-0.3, -0.25) is 9.59 Å². The molecule has 132 valence electrons. The normalized spacial score (nSPS) is 16.4. The van der Waals surface area contributed by atoms with Crippen molar-refractivity contribution < 1.29 is 14.3 Å². The standard InChI is InChI=1S/C18H24ClNO3S/c1-13(18(22)20-14-7-3-2-4-8-14)23-17(21)11-12-24-16-10-6-5-9-15(16)19/h5-6,9-10,13-14H,2-4,7-8,11-12H2,1H3,(H,20,22). The minimum atomic E-state index is -0.746. The maximum Gasteiger partial charge on any atom is 0.307 e. The van der Waals surface area contributed by atoms with Gasteiger partial charge in [0.2, 0.25) is 0 Å². The SMILES string of the molecule is CC(OC(=O)CCSc1ccccc1Cl)C(=O)NC1CCCCC1. The van der Waals surface area contributed by atoms with Crippen LogP contribution in [0.25, 0.3) is 0 Å². The van der Waals surface area contributed by atoms with Gasteiger partial charge in [0.1, 0.15) is 0 Å². The van der Waals surface area contributed by atoms with Crippen LogP contribution in [0.3, 0.4) is 0 Å². The van der Waals surface area contributed by atoms with Crippen molar-refractivity contribution in [3.05, 3.63) is 29.3 Å². The molecule has 0 aromatic heterocycles. The molecule has 24 heavy (non-hydrogen) atoms. The van der Waals surface area contributed by atoms with Gasteiger partial charge in [0.25, 0.3) is 5.91 Å². The molecule has 1 amide bonds. The number of carbonyl (C=O) groups excluding carboxylic acids is 2. The molecule has 0 saturated heterocycles. The number of hydrogen-bond donors (Lipinski definition) is 1. The van der Waals surface area contributed by atoms with E-state index in [2.05, 4.69) is 5.32 Å². The highest BCUT2D eigenvalue weighted by Gasteiger charge is 2.22. The summed E-state index contributed by atoms with van der Waals surface area (Å²) in [6.07, 6.45) is 5.07. The second-order valence-electron chi connectivity index (χ2n) is 6.00. The van der Waals surface area contributed by atoms with Crippen molar-refractivity contribution >= 4 is 35.2 Å². The van der Waals surface area contributed by atoms with Gasteiger partial charge >= 0.3 is 5.97 Å². The number of esters is 1. The van der Waals surface area contributed by atoms with E-state index >= 15 is 0 Å². The Morgan fingerprint density at radius 2 is 2.00 bits per heavy atom. The van der Waals surface area contributed by atoms with Gasteiger partial charge in [-0.05, 0) is 31.9 Å². The summed E-state index contributed by atoms with van der Waals surface area (Å²) in [7, 11) is 0. The summed E-state index contributed by atoms with van der Waals surface area (Å²) in [5, 5.41) is 3.65. The van der Waals surface area contributed by atoms with E-state index in [1.54, 1.807) is 6.92 Å². The van der Waals surface area contributed by atoms with E-state index in [4.69, 9.17) is 16.3 Å². The van der Waals surface area contributed by atoms with Crippen LogP contribution in [0.15, 0.2) is 29.2 Å². The van der Waals surface area contributed by atoms with Crippen LogP contribution >= 0.6 is 23.4 Å². The molecule has 1 aliphatic carbocycles. The first-order valence-electron chi connectivity index (χ1n) is 8.43. The summed E-state index contributed by atoms with van der Waals surface area (Å²) < 4.78 is 5.22. The average Bonchev–Trinajstić information content (AvgIpc) is 2.57. The Morgan fingerprint density at radius 1 is 1.29 bits per heavy atom. The molecule has 0 radical (unpaired) electrons. The van der Waals surface area contributed by atoms with E-state index < -0.39 is 6.10 Å². The number of amides is 1. The molecule has 1 aliphatic rings. The zero-order valence-corrected chi connectivity index (χ0v) is 15.5. The third-order valence-electron chi connectivity index (χ3n) is 4.03. The third kappa shape index (κ3) is 6.36. The Morgan fingerprint density at radius 3 is 2.71 bits per heavy atom. The Kier molecular flexibility index (Phi) is 7.92. The quantitative estimate of drug-likeness (QED) is 0.578. The Hall–Kier alpha value is -1.20. The van der Waals surface area contributed by atoms with Crippen LogP contribution < -0.4 is 5.32 Å². The molecule has 1 saturated carbocycles. The molecule has 0 aliphatic heterocycles. The van der Waals surface area contributed by atoms with Gasteiger partial charge in [0, 0.05) is 16.7 Å². The molecule has 6 heteroatoms. The van der Waals surface area contributed by atoms with Gasteiger partial charge < -0.3 is 10.1 Å². The van der Waals surface area contributed by atoms with E-state index in [0.29, 0.717) is 10.8 Å². The van der Waals surface area contributed by atoms with Gasteiger partial charge in [0.05, 0.1) is 11.4 Å². The Balaban J connectivity index is 1.67. The number of halogens is 1. The topological polar surface area (TPSA) is 55.4 Å². The van der Waals surface area contributed by atoms with Crippen LogP contribution in [0.1, 0.15) is 45.4 Å². The summed E-state index contributed by atoms with van der Waals surface area (Å²) in [5.74, 6) is 0.00866. The minimum absolute atomic E-state index is 0.200. The summed E-state index contributed by atoms with van der Waals surface area (Å²) in [6, 6.07) is 7.74. The van der Waals surface area contributed by atoms with Gasteiger partial charge in [0.15, 0.2) is 6.10 Å². The maximum absolute atomic E-state index is 12.1. The van der Waals surface area contributed by atoms with Crippen molar-refractivity contribution in [2.75, 3.05) is 5.75 Å². The molecule has 1 fully saturated rings. The van der Waals surface area contributed by atoms with Crippen molar-refractivity contribution in [1.82, 2.24) is 5.32 Å². The molecule has 1 N–H and O–H groups in total. The first-order chi connectivity index (χ1) is 11.6. The minimum Gasteiger partial charge on any atom is -0.453 e. The van der Waals surface area contributed by atoms with Gasteiger partial charge in [-0.2, -0.15) is 0 Å². The number of rotatable bonds is 7. The molecule has 1 aromatic rings. The summed E-state index contributed by atoms with van der Waals surface area (Å²) in [5.41, 5.74) is 0. The Bertz CT molecular complexity index is 561. The molecule has 0 spiro atoms. The smallest absolute Gasteiger partial charge is 0.307 e. The van der Waals surface area contributed by atoms with Crippen molar-refractivity contribution in [1.29, 1.82) is 0 Å². The fourth-order valence-corrected chi connectivity index (χ4v) is 3.85. The van der Waals surface area contributed by atoms with Gasteiger partial charge in [-0.1, -0.05) is 43.0 Å². The lowest BCUT2D eigenvalue weighted by Crippen LogP contribution is -2.42. The lowest BCUT2D eigenvalue weighted by Gasteiger charge is -2.24. The van der Waals surface area contributed by atoms with Crippen LogP contribution in [-0.4, -0.2) is 29.8 Å². The van der Waals surface area contributed by atoms with Gasteiger partial charge in [-0.25, -0.2) is 0 Å². The van der Waals surface area contributed by atoms with E-state index in [1.807, 2.05) is 24.3 Å². The first kappa shape index (κ1) is 19.1. The first-order valence-corrected chi connectivity index (χ1v) is 9.80. The number of benzene rings is 1. The lowest BCUT2D eigenvalue weighted by atomic mass is 9.95. The molecule has 1 aromatic carbocycles. The van der Waals surface area contributed by atoms with Crippen LogP contribution in [-0.2, 0) is 14.3 Å². The van der Waals surface area contributed by atoms with E-state index in [0.717, 1.165) is 30.6 Å². The summed E-state index contributed by atoms with van der Waals surface area (Å²) in [4.78, 5) is 24.9. The van der Waals surface area contributed by atoms with Crippen LogP contribution in [0.4, 0.5) is 0 Å². The number of carbonyl (C=O) groups is 2. The molecule has 1 unspecified atom stereocenters. The molecule has 0 heterocycles. The predicted molar refractivity (Wildman–Crippen MR) is 97.4 cm³/mol. The van der Waals surface area contributed by atoms with Crippen molar-refractivity contribution in [3.63, 3.8) is 0 Å². The zero-order chi connectivity index (χ0) is 17.4.